The van der Waals surface area contributed by atoms with Gasteiger partial charge in [0.2, 0.25) is 0 Å². The van der Waals surface area contributed by atoms with Gasteiger partial charge in [-0.3, -0.25) is 9.78 Å². The molecule has 3 heterocycles. The highest BCUT2D eigenvalue weighted by molar-refractivity contribution is 6.33. The summed E-state index contributed by atoms with van der Waals surface area (Å²) in [6.45, 7) is 1.67. The number of aromatic nitrogens is 5. The summed E-state index contributed by atoms with van der Waals surface area (Å²) in [4.78, 5) is 21.4. The minimum atomic E-state index is -4.76. The zero-order valence-electron chi connectivity index (χ0n) is 16.7. The maximum absolute atomic E-state index is 13.5. The van der Waals surface area contributed by atoms with Gasteiger partial charge in [-0.05, 0) is 42.8 Å². The monoisotopic (exact) mass is 476 g/mol. The molecule has 0 bridgehead atoms. The zero-order chi connectivity index (χ0) is 23.8. The second-order valence-corrected chi connectivity index (χ2v) is 7.29. The van der Waals surface area contributed by atoms with Crippen molar-refractivity contribution in [3.05, 3.63) is 82.6 Å². The van der Waals surface area contributed by atoms with Crippen LogP contribution in [-0.2, 0) is 6.18 Å². The summed E-state index contributed by atoms with van der Waals surface area (Å²) in [5.41, 5.74) is 0.280. The maximum atomic E-state index is 13.5. The van der Waals surface area contributed by atoms with Crippen molar-refractivity contribution in [2.24, 2.45) is 0 Å². The molecule has 1 N–H and O–H groups in total. The normalized spacial score (nSPS) is 11.5. The number of pyridine rings is 2. The van der Waals surface area contributed by atoms with E-state index < -0.39 is 29.3 Å². The van der Waals surface area contributed by atoms with Crippen LogP contribution < -0.4 is 5.32 Å². The summed E-state index contributed by atoms with van der Waals surface area (Å²) in [5, 5.41) is 9.87. The van der Waals surface area contributed by atoms with E-state index in [1.165, 1.54) is 36.8 Å². The zero-order valence-corrected chi connectivity index (χ0v) is 17.5. The highest BCUT2D eigenvalue weighted by atomic mass is 35.5. The van der Waals surface area contributed by atoms with Crippen molar-refractivity contribution in [3.63, 3.8) is 0 Å². The number of carbonyl (C=O) groups is 1. The third-order valence-corrected chi connectivity index (χ3v) is 4.88. The predicted molar refractivity (Wildman–Crippen MR) is 111 cm³/mol. The molecule has 168 valence electrons. The first-order valence-corrected chi connectivity index (χ1v) is 9.68. The van der Waals surface area contributed by atoms with Gasteiger partial charge in [0.05, 0.1) is 40.6 Å². The smallest absolute Gasteiger partial charge is 0.321 e. The second kappa shape index (κ2) is 8.58. The summed E-state index contributed by atoms with van der Waals surface area (Å²) in [7, 11) is 0. The summed E-state index contributed by atoms with van der Waals surface area (Å²) in [5.74, 6) is -1.72. The molecule has 3 aromatic heterocycles. The SMILES string of the molecule is Cc1cc(C(=O)Nc2cnc(-n3nccn3)c(C(F)(F)F)c2)cnc1-c1ccc(F)cc1Cl. The molecule has 0 aliphatic carbocycles. The maximum Gasteiger partial charge on any atom is 0.420 e. The van der Waals surface area contributed by atoms with Crippen LogP contribution in [0.1, 0.15) is 21.5 Å². The van der Waals surface area contributed by atoms with E-state index in [4.69, 9.17) is 11.6 Å². The molecular formula is C21H13ClF4N6O. The number of benzene rings is 1. The summed E-state index contributed by atoms with van der Waals surface area (Å²) >= 11 is 6.08. The summed E-state index contributed by atoms with van der Waals surface area (Å²) in [6.07, 6.45) is -0.00749. The van der Waals surface area contributed by atoms with Gasteiger partial charge in [0.1, 0.15) is 11.4 Å². The Kier molecular flexibility index (Phi) is 5.81. The molecule has 1 aromatic carbocycles. The molecule has 0 fully saturated rings. The number of aryl methyl sites for hydroxylation is 1. The van der Waals surface area contributed by atoms with Crippen LogP contribution in [-0.4, -0.2) is 30.9 Å². The van der Waals surface area contributed by atoms with Crippen molar-refractivity contribution < 1.29 is 22.4 Å². The predicted octanol–water partition coefficient (Wildman–Crippen LogP) is 5.10. The van der Waals surface area contributed by atoms with Crippen molar-refractivity contribution in [2.45, 2.75) is 13.1 Å². The Labute approximate surface area is 189 Å². The van der Waals surface area contributed by atoms with Crippen molar-refractivity contribution in [2.75, 3.05) is 5.32 Å². The van der Waals surface area contributed by atoms with Crippen molar-refractivity contribution in [1.29, 1.82) is 0 Å². The number of amides is 1. The van der Waals surface area contributed by atoms with Crippen LogP contribution in [0.15, 0.2) is 55.1 Å². The lowest BCUT2D eigenvalue weighted by molar-refractivity contribution is -0.137. The molecule has 33 heavy (non-hydrogen) atoms. The van der Waals surface area contributed by atoms with E-state index in [0.29, 0.717) is 16.8 Å². The minimum absolute atomic E-state index is 0.0980. The van der Waals surface area contributed by atoms with Gasteiger partial charge < -0.3 is 5.32 Å². The molecule has 4 aromatic rings. The Morgan fingerprint density at radius 2 is 1.79 bits per heavy atom. The lowest BCUT2D eigenvalue weighted by Gasteiger charge is -2.14. The highest BCUT2D eigenvalue weighted by Gasteiger charge is 2.36. The molecule has 4 rings (SSSR count). The Hall–Kier alpha value is -3.86. The largest absolute Gasteiger partial charge is 0.420 e. The van der Waals surface area contributed by atoms with Gasteiger partial charge in [-0.2, -0.15) is 23.4 Å². The van der Waals surface area contributed by atoms with Gasteiger partial charge in [-0.1, -0.05) is 11.6 Å². The van der Waals surface area contributed by atoms with Gasteiger partial charge in [0, 0.05) is 11.8 Å². The third kappa shape index (κ3) is 4.67. The molecule has 0 radical (unpaired) electrons. The average Bonchev–Trinajstić information content (AvgIpc) is 3.28. The van der Waals surface area contributed by atoms with Crippen LogP contribution in [0.4, 0.5) is 23.2 Å². The minimum Gasteiger partial charge on any atom is -0.321 e. The molecule has 0 saturated carbocycles. The molecule has 12 heteroatoms. The van der Waals surface area contributed by atoms with E-state index >= 15 is 0 Å². The van der Waals surface area contributed by atoms with E-state index in [2.05, 4.69) is 25.5 Å². The highest BCUT2D eigenvalue weighted by Crippen LogP contribution is 2.34. The van der Waals surface area contributed by atoms with E-state index in [-0.39, 0.29) is 16.3 Å². The molecule has 0 unspecified atom stereocenters. The second-order valence-electron chi connectivity index (χ2n) is 6.88. The fourth-order valence-electron chi connectivity index (χ4n) is 3.08. The van der Waals surface area contributed by atoms with Gasteiger partial charge in [0.15, 0.2) is 5.82 Å². The molecule has 7 nitrogen and oxygen atoms in total. The molecule has 0 aliphatic rings. The number of hydrogen-bond donors (Lipinski definition) is 1. The number of anilines is 1. The number of alkyl halides is 3. The van der Waals surface area contributed by atoms with E-state index in [1.54, 1.807) is 6.92 Å². The Morgan fingerprint density at radius 3 is 2.42 bits per heavy atom. The first-order valence-electron chi connectivity index (χ1n) is 9.31. The molecule has 0 aliphatic heterocycles. The van der Waals surface area contributed by atoms with Crippen molar-refractivity contribution in [3.8, 4) is 17.1 Å². The lowest BCUT2D eigenvalue weighted by atomic mass is 10.0. The van der Waals surface area contributed by atoms with Gasteiger partial charge in [-0.15, -0.1) is 4.80 Å². The van der Waals surface area contributed by atoms with Crippen LogP contribution in [0.3, 0.4) is 0 Å². The fraction of sp³-hybridized carbons (Fsp3) is 0.0952. The molecular weight excluding hydrogens is 464 g/mol. The lowest BCUT2D eigenvalue weighted by Crippen LogP contribution is -2.17. The van der Waals surface area contributed by atoms with Crippen molar-refractivity contribution in [1.82, 2.24) is 25.0 Å². The van der Waals surface area contributed by atoms with Gasteiger partial charge >= 0.3 is 6.18 Å². The number of nitrogens with one attached hydrogen (secondary N) is 1. The molecule has 0 atom stereocenters. The van der Waals surface area contributed by atoms with E-state index in [0.717, 1.165) is 23.1 Å². The Morgan fingerprint density at radius 1 is 1.06 bits per heavy atom. The van der Waals surface area contributed by atoms with Crippen LogP contribution >= 0.6 is 11.6 Å². The quantitative estimate of drug-likeness (QED) is 0.414. The number of carbonyl (C=O) groups excluding carboxylic acids is 1. The standard InChI is InChI=1S/C21H13ClF4N6O/c1-11-6-12(9-27-18(11)15-3-2-13(23)7-17(15)22)20(33)31-14-8-16(21(24,25)26)19(28-10-14)32-29-4-5-30-32/h2-10H,1H3,(H,31,33). The number of nitrogens with zero attached hydrogens (tertiary/aromatic N) is 5. The van der Waals surface area contributed by atoms with E-state index in [1.807, 2.05) is 0 Å². The fourth-order valence-corrected chi connectivity index (χ4v) is 3.34. The topological polar surface area (TPSA) is 85.6 Å². The molecule has 0 saturated heterocycles. The van der Waals surface area contributed by atoms with Crippen molar-refractivity contribution >= 4 is 23.2 Å². The van der Waals surface area contributed by atoms with Gasteiger partial charge in [0.25, 0.3) is 5.91 Å². The van der Waals surface area contributed by atoms with Crippen LogP contribution in [0.5, 0.6) is 0 Å². The summed E-state index contributed by atoms with van der Waals surface area (Å²) in [6, 6.07) is 6.09. The van der Waals surface area contributed by atoms with Crippen LogP contribution in [0, 0.1) is 12.7 Å². The Balaban J connectivity index is 1.61. The first-order chi connectivity index (χ1) is 15.6. The van der Waals surface area contributed by atoms with Gasteiger partial charge in [-0.25, -0.2) is 9.37 Å². The Bertz CT molecular complexity index is 1340. The number of halogens is 5. The molecule has 1 amide bonds. The number of hydrogen-bond acceptors (Lipinski definition) is 5. The number of rotatable bonds is 4. The molecule has 0 spiro atoms. The van der Waals surface area contributed by atoms with E-state index in [9.17, 15) is 22.4 Å². The average molecular weight is 477 g/mol. The summed E-state index contributed by atoms with van der Waals surface area (Å²) < 4.78 is 53.9. The van der Waals surface area contributed by atoms with Crippen LogP contribution in [0.25, 0.3) is 17.1 Å². The van der Waals surface area contributed by atoms with Crippen LogP contribution in [0.2, 0.25) is 5.02 Å². The third-order valence-electron chi connectivity index (χ3n) is 4.56. The first kappa shape index (κ1) is 22.3.